The van der Waals surface area contributed by atoms with Gasteiger partial charge < -0.3 is 24.9 Å². The number of pyridine rings is 1. The minimum atomic E-state index is -0.543. The Morgan fingerprint density at radius 2 is 2.12 bits per heavy atom. The van der Waals surface area contributed by atoms with Gasteiger partial charge in [0.25, 0.3) is 0 Å². The second kappa shape index (κ2) is 9.10. The summed E-state index contributed by atoms with van der Waals surface area (Å²) in [4.78, 5) is 20.7. The van der Waals surface area contributed by atoms with Crippen LogP contribution < -0.4 is 10.1 Å². The number of carbonyl (C=O) groups excluding carboxylic acids is 1. The Kier molecular flexibility index (Phi) is 6.25. The molecule has 7 nitrogen and oxygen atoms in total. The fourth-order valence-corrected chi connectivity index (χ4v) is 4.04. The number of ketones is 1. The average Bonchev–Trinajstić information content (AvgIpc) is 3.12. The number of halogens is 1. The van der Waals surface area contributed by atoms with Gasteiger partial charge in [0.2, 0.25) is 0 Å². The van der Waals surface area contributed by atoms with Crippen LogP contribution in [0.1, 0.15) is 29.4 Å². The number of aromatic nitrogens is 2. The number of benzene rings is 1. The predicted molar refractivity (Wildman–Crippen MR) is 119 cm³/mol. The van der Waals surface area contributed by atoms with Crippen LogP contribution in [0.4, 0.5) is 15.8 Å². The molecule has 168 valence electrons. The van der Waals surface area contributed by atoms with E-state index in [9.17, 15) is 14.3 Å². The highest BCUT2D eigenvalue weighted by atomic mass is 19.1. The fraction of sp³-hybridized carbons (Fsp3) is 0.333. The first kappa shape index (κ1) is 22.0. The van der Waals surface area contributed by atoms with E-state index in [0.29, 0.717) is 53.6 Å². The van der Waals surface area contributed by atoms with Gasteiger partial charge in [-0.25, -0.2) is 4.39 Å². The van der Waals surface area contributed by atoms with Crippen molar-refractivity contribution in [2.45, 2.75) is 19.8 Å². The fourth-order valence-electron chi connectivity index (χ4n) is 4.04. The van der Waals surface area contributed by atoms with E-state index in [2.05, 4.69) is 15.3 Å². The van der Waals surface area contributed by atoms with Crippen molar-refractivity contribution < 1.29 is 23.8 Å². The van der Waals surface area contributed by atoms with Gasteiger partial charge in [0.05, 0.1) is 29.7 Å². The van der Waals surface area contributed by atoms with E-state index in [1.54, 1.807) is 37.7 Å². The van der Waals surface area contributed by atoms with Crippen molar-refractivity contribution in [2.75, 3.05) is 32.2 Å². The first-order valence-corrected chi connectivity index (χ1v) is 10.4. The highest BCUT2D eigenvalue weighted by Crippen LogP contribution is 2.45. The lowest BCUT2D eigenvalue weighted by Gasteiger charge is -2.30. The molecule has 4 rings (SSSR count). The minimum absolute atomic E-state index is 0.0832. The summed E-state index contributed by atoms with van der Waals surface area (Å²) in [5, 5.41) is 13.1. The number of fused-ring (bicyclic) bond motifs is 1. The number of hydrogen-bond acceptors (Lipinski definition) is 6. The molecule has 0 bridgehead atoms. The van der Waals surface area contributed by atoms with Gasteiger partial charge in [-0.3, -0.25) is 9.78 Å². The van der Waals surface area contributed by atoms with Gasteiger partial charge in [0.1, 0.15) is 18.2 Å². The number of ether oxygens (including phenoxy) is 2. The van der Waals surface area contributed by atoms with E-state index in [1.807, 2.05) is 6.92 Å². The normalized spacial score (nSPS) is 17.8. The molecule has 1 aromatic carbocycles. The number of H-pyrrole nitrogens is 1. The summed E-state index contributed by atoms with van der Waals surface area (Å²) in [6, 6.07) is 7.87. The number of nitrogens with zero attached hydrogens (tertiary/aromatic N) is 1. The predicted octanol–water partition coefficient (Wildman–Crippen LogP) is 4.11. The molecule has 0 saturated heterocycles. The number of Topliss-reactive ketones (excluding diaryl/α,β-unsaturated/α-hetero) is 1. The van der Waals surface area contributed by atoms with E-state index in [0.717, 1.165) is 5.69 Å². The van der Waals surface area contributed by atoms with Crippen molar-refractivity contribution in [3.8, 4) is 17.0 Å². The Bertz CT molecular complexity index is 1130. The van der Waals surface area contributed by atoms with Crippen LogP contribution in [0.2, 0.25) is 0 Å². The van der Waals surface area contributed by atoms with Crippen LogP contribution in [-0.2, 0) is 11.2 Å². The molecular formula is C24H26FN3O4. The third-order valence-electron chi connectivity index (χ3n) is 5.62. The van der Waals surface area contributed by atoms with Crippen molar-refractivity contribution in [3.05, 3.63) is 59.8 Å². The molecule has 3 aromatic rings. The van der Waals surface area contributed by atoms with Crippen molar-refractivity contribution in [1.82, 2.24) is 9.97 Å². The maximum absolute atomic E-state index is 13.8. The monoisotopic (exact) mass is 439 g/mol. The summed E-state index contributed by atoms with van der Waals surface area (Å²) in [7, 11) is 1.59. The molecule has 2 heterocycles. The second-order valence-corrected chi connectivity index (χ2v) is 8.32. The second-order valence-electron chi connectivity index (χ2n) is 8.32. The molecule has 0 amide bonds. The number of nitrogens with one attached hydrogen (secondary N) is 2. The lowest BCUT2D eigenvalue weighted by atomic mass is 9.75. The maximum atomic E-state index is 13.8. The molecule has 3 N–H and O–H groups in total. The molecule has 1 atom stereocenters. The number of anilines is 2. The summed E-state index contributed by atoms with van der Waals surface area (Å²) >= 11 is 0. The van der Waals surface area contributed by atoms with Gasteiger partial charge in [-0.05, 0) is 30.7 Å². The van der Waals surface area contributed by atoms with Gasteiger partial charge in [-0.2, -0.15) is 0 Å². The quantitative estimate of drug-likeness (QED) is 0.457. The Labute approximate surface area is 185 Å². The van der Waals surface area contributed by atoms with Crippen LogP contribution in [-0.4, -0.2) is 47.8 Å². The lowest BCUT2D eigenvalue weighted by Crippen LogP contribution is -2.32. The van der Waals surface area contributed by atoms with E-state index in [-0.39, 0.29) is 24.6 Å². The van der Waals surface area contributed by atoms with Crippen LogP contribution in [0.3, 0.4) is 0 Å². The number of methoxy groups -OCH3 is 1. The van der Waals surface area contributed by atoms with Crippen LogP contribution >= 0.6 is 0 Å². The van der Waals surface area contributed by atoms with Crippen molar-refractivity contribution in [3.63, 3.8) is 0 Å². The minimum Gasteiger partial charge on any atom is -0.489 e. The zero-order valence-corrected chi connectivity index (χ0v) is 18.1. The average molecular weight is 439 g/mol. The Balaban J connectivity index is 1.84. The molecule has 1 aliphatic rings. The SMILES string of the molecule is COCCOc1cnccc1-c1[nH]c2c(c1Nc1cccc(F)c1)C(=O)CC(C)(CO)C2. The number of aliphatic hydroxyl groups excluding tert-OH is 1. The molecule has 1 aliphatic carbocycles. The molecule has 8 heteroatoms. The van der Waals surface area contributed by atoms with Gasteiger partial charge in [-0.1, -0.05) is 13.0 Å². The van der Waals surface area contributed by atoms with Gasteiger partial charge in [-0.15, -0.1) is 0 Å². The first-order valence-electron chi connectivity index (χ1n) is 10.4. The van der Waals surface area contributed by atoms with E-state index in [4.69, 9.17) is 9.47 Å². The Hall–Kier alpha value is -3.23. The zero-order valence-electron chi connectivity index (χ0n) is 18.1. The lowest BCUT2D eigenvalue weighted by molar-refractivity contribution is 0.0786. The number of aliphatic hydroxyl groups is 1. The number of hydrogen-bond donors (Lipinski definition) is 3. The van der Waals surface area contributed by atoms with Crippen LogP contribution in [0, 0.1) is 11.2 Å². The van der Waals surface area contributed by atoms with Gasteiger partial charge in [0.15, 0.2) is 5.78 Å². The smallest absolute Gasteiger partial charge is 0.167 e. The molecule has 0 aliphatic heterocycles. The Morgan fingerprint density at radius 1 is 1.28 bits per heavy atom. The molecular weight excluding hydrogens is 413 g/mol. The molecule has 0 radical (unpaired) electrons. The van der Waals surface area contributed by atoms with E-state index in [1.165, 1.54) is 12.1 Å². The third kappa shape index (κ3) is 4.37. The number of carbonyl (C=O) groups is 1. The van der Waals surface area contributed by atoms with Gasteiger partial charge >= 0.3 is 0 Å². The molecule has 1 unspecified atom stereocenters. The van der Waals surface area contributed by atoms with Crippen LogP contribution in [0.5, 0.6) is 5.75 Å². The van der Waals surface area contributed by atoms with Crippen LogP contribution in [0.25, 0.3) is 11.3 Å². The Morgan fingerprint density at radius 3 is 2.88 bits per heavy atom. The van der Waals surface area contributed by atoms with Crippen LogP contribution in [0.15, 0.2) is 42.7 Å². The summed E-state index contributed by atoms with van der Waals surface area (Å²) in [5.41, 5.74) is 3.14. The van der Waals surface area contributed by atoms with Crippen molar-refractivity contribution in [1.29, 1.82) is 0 Å². The van der Waals surface area contributed by atoms with Crippen molar-refractivity contribution >= 4 is 17.2 Å². The van der Waals surface area contributed by atoms with Crippen molar-refractivity contribution in [2.24, 2.45) is 5.41 Å². The zero-order chi connectivity index (χ0) is 22.7. The van der Waals surface area contributed by atoms with Gasteiger partial charge in [0, 0.05) is 48.7 Å². The molecule has 0 spiro atoms. The molecule has 32 heavy (non-hydrogen) atoms. The maximum Gasteiger partial charge on any atom is 0.167 e. The third-order valence-corrected chi connectivity index (χ3v) is 5.62. The van der Waals surface area contributed by atoms with E-state index >= 15 is 0 Å². The number of aromatic amines is 1. The summed E-state index contributed by atoms with van der Waals surface area (Å²) in [5.74, 6) is 0.0653. The molecule has 0 fully saturated rings. The standard InChI is InChI=1S/C24H26FN3O4/c1-24(14-29)11-18-21(19(30)12-24)23(27-16-5-3-4-15(25)10-16)22(28-18)17-6-7-26-13-20(17)32-9-8-31-2/h3-7,10,13,27-29H,8-9,11-12,14H2,1-2H3. The summed E-state index contributed by atoms with van der Waals surface area (Å²) in [6.07, 6.45) is 3.98. The molecule has 2 aromatic heterocycles. The summed E-state index contributed by atoms with van der Waals surface area (Å²) < 4.78 is 24.8. The molecule has 0 saturated carbocycles. The largest absolute Gasteiger partial charge is 0.489 e. The summed E-state index contributed by atoms with van der Waals surface area (Å²) in [6.45, 7) is 2.54. The number of rotatable bonds is 8. The van der Waals surface area contributed by atoms with E-state index < -0.39 is 5.41 Å². The highest BCUT2D eigenvalue weighted by molar-refractivity contribution is 6.08. The topological polar surface area (TPSA) is 96.5 Å². The first-order chi connectivity index (χ1) is 15.4. The highest BCUT2D eigenvalue weighted by Gasteiger charge is 2.38.